The molecular weight excluding hydrogens is 269 g/mol. The number of nitrogens with zero attached hydrogens (tertiary/aromatic N) is 1. The van der Waals surface area contributed by atoms with Gasteiger partial charge in [0.1, 0.15) is 6.54 Å². The summed E-state index contributed by atoms with van der Waals surface area (Å²) < 4.78 is 36.3. The maximum Gasteiger partial charge on any atom is 0.405 e. The maximum absolute atomic E-state index is 12.1. The van der Waals surface area contributed by atoms with Crippen LogP contribution < -0.4 is 5.32 Å². The maximum atomic E-state index is 12.1. The summed E-state index contributed by atoms with van der Waals surface area (Å²) in [7, 11) is 0. The molecule has 0 saturated heterocycles. The van der Waals surface area contributed by atoms with E-state index in [0.717, 1.165) is 12.0 Å². The Morgan fingerprint density at radius 1 is 1.35 bits per heavy atom. The Morgan fingerprint density at radius 3 is 2.65 bits per heavy atom. The Morgan fingerprint density at radius 2 is 2.00 bits per heavy atom. The van der Waals surface area contributed by atoms with Crippen molar-refractivity contribution in [2.75, 3.05) is 13.1 Å². The summed E-state index contributed by atoms with van der Waals surface area (Å²) in [6.45, 7) is 1.63. The van der Waals surface area contributed by atoms with Gasteiger partial charge in [0, 0.05) is 13.1 Å². The highest BCUT2D eigenvalue weighted by Crippen LogP contribution is 2.20. The molecular formula is C14H17F3N2O. The first-order valence-corrected chi connectivity index (χ1v) is 6.52. The molecule has 1 heterocycles. The minimum absolute atomic E-state index is 0.564. The van der Waals surface area contributed by atoms with E-state index in [2.05, 4.69) is 0 Å². The Balaban J connectivity index is 1.94. The molecule has 2 rings (SSSR count). The first-order chi connectivity index (χ1) is 9.37. The highest BCUT2D eigenvalue weighted by molar-refractivity contribution is 5.81. The van der Waals surface area contributed by atoms with Crippen LogP contribution in [-0.4, -0.2) is 36.1 Å². The van der Waals surface area contributed by atoms with E-state index >= 15 is 0 Å². The SMILES string of the molecule is C[C@H](C(=O)NCC(F)(F)F)N1CCc2ccccc2C1. The monoisotopic (exact) mass is 286 g/mol. The van der Waals surface area contributed by atoms with Gasteiger partial charge in [0.25, 0.3) is 0 Å². The number of halogens is 3. The van der Waals surface area contributed by atoms with Crippen molar-refractivity contribution in [3.63, 3.8) is 0 Å². The van der Waals surface area contributed by atoms with E-state index in [1.54, 1.807) is 6.92 Å². The van der Waals surface area contributed by atoms with Gasteiger partial charge >= 0.3 is 6.18 Å². The minimum Gasteiger partial charge on any atom is -0.346 e. The number of nitrogens with one attached hydrogen (secondary N) is 1. The lowest BCUT2D eigenvalue weighted by Gasteiger charge is -2.32. The third-order valence-electron chi connectivity index (χ3n) is 3.55. The Bertz CT molecular complexity index is 488. The molecule has 20 heavy (non-hydrogen) atoms. The van der Waals surface area contributed by atoms with E-state index in [1.807, 2.05) is 34.5 Å². The van der Waals surface area contributed by atoms with Gasteiger partial charge in [0.15, 0.2) is 0 Å². The lowest BCUT2D eigenvalue weighted by atomic mass is 9.99. The molecule has 0 spiro atoms. The normalized spacial score (nSPS) is 17.4. The molecule has 1 aliphatic rings. The molecule has 6 heteroatoms. The number of hydrogen-bond acceptors (Lipinski definition) is 2. The number of carbonyl (C=O) groups is 1. The Kier molecular flexibility index (Phi) is 4.32. The summed E-state index contributed by atoms with van der Waals surface area (Å²) in [5, 5.41) is 1.94. The van der Waals surface area contributed by atoms with E-state index in [1.165, 1.54) is 5.56 Å². The number of carbonyl (C=O) groups excluding carboxylic acids is 1. The number of rotatable bonds is 3. The summed E-state index contributed by atoms with van der Waals surface area (Å²) >= 11 is 0. The molecule has 1 aromatic carbocycles. The fourth-order valence-electron chi connectivity index (χ4n) is 2.35. The van der Waals surface area contributed by atoms with E-state index in [4.69, 9.17) is 0 Å². The van der Waals surface area contributed by atoms with Gasteiger partial charge in [-0.15, -0.1) is 0 Å². The van der Waals surface area contributed by atoms with E-state index in [9.17, 15) is 18.0 Å². The number of alkyl halides is 3. The average molecular weight is 286 g/mol. The molecule has 0 fully saturated rings. The van der Waals surface area contributed by atoms with Gasteiger partial charge in [-0.2, -0.15) is 13.2 Å². The fourth-order valence-corrected chi connectivity index (χ4v) is 2.35. The van der Waals surface area contributed by atoms with Crippen molar-refractivity contribution in [2.45, 2.75) is 32.1 Å². The number of hydrogen-bond donors (Lipinski definition) is 1. The van der Waals surface area contributed by atoms with Crippen molar-refractivity contribution < 1.29 is 18.0 Å². The topological polar surface area (TPSA) is 32.3 Å². The quantitative estimate of drug-likeness (QED) is 0.923. The molecule has 0 aromatic heterocycles. The average Bonchev–Trinajstić information content (AvgIpc) is 2.42. The van der Waals surface area contributed by atoms with Gasteiger partial charge in [-0.05, 0) is 24.5 Å². The second-order valence-electron chi connectivity index (χ2n) is 5.00. The lowest BCUT2D eigenvalue weighted by molar-refractivity contribution is -0.141. The van der Waals surface area contributed by atoms with Crippen LogP contribution in [0.5, 0.6) is 0 Å². The van der Waals surface area contributed by atoms with E-state index < -0.39 is 24.7 Å². The molecule has 0 unspecified atom stereocenters. The van der Waals surface area contributed by atoms with Crippen LogP contribution in [-0.2, 0) is 17.8 Å². The molecule has 0 bridgehead atoms. The molecule has 1 aliphatic heterocycles. The van der Waals surface area contributed by atoms with E-state index in [0.29, 0.717) is 13.1 Å². The van der Waals surface area contributed by atoms with Gasteiger partial charge in [0.05, 0.1) is 6.04 Å². The zero-order valence-corrected chi connectivity index (χ0v) is 11.2. The number of amides is 1. The van der Waals surface area contributed by atoms with Crippen molar-refractivity contribution >= 4 is 5.91 Å². The van der Waals surface area contributed by atoms with Crippen LogP contribution >= 0.6 is 0 Å². The van der Waals surface area contributed by atoms with Gasteiger partial charge in [0.2, 0.25) is 5.91 Å². The lowest BCUT2D eigenvalue weighted by Crippen LogP contribution is -2.48. The van der Waals surface area contributed by atoms with Crippen molar-refractivity contribution in [3.05, 3.63) is 35.4 Å². The molecule has 1 N–H and O–H groups in total. The molecule has 1 amide bonds. The molecule has 110 valence electrons. The van der Waals surface area contributed by atoms with Gasteiger partial charge < -0.3 is 5.32 Å². The van der Waals surface area contributed by atoms with E-state index in [-0.39, 0.29) is 0 Å². The van der Waals surface area contributed by atoms with Gasteiger partial charge in [-0.1, -0.05) is 24.3 Å². The standard InChI is InChI=1S/C14H17F3N2O/c1-10(13(20)18-9-14(15,16)17)19-7-6-11-4-2-3-5-12(11)8-19/h2-5,10H,6-9H2,1H3,(H,18,20)/t10-/m1/s1. The molecule has 0 radical (unpaired) electrons. The molecule has 1 aromatic rings. The smallest absolute Gasteiger partial charge is 0.346 e. The van der Waals surface area contributed by atoms with Crippen LogP contribution in [0, 0.1) is 0 Å². The second-order valence-corrected chi connectivity index (χ2v) is 5.00. The predicted molar refractivity (Wildman–Crippen MR) is 69.1 cm³/mol. The largest absolute Gasteiger partial charge is 0.405 e. The van der Waals surface area contributed by atoms with Crippen LogP contribution in [0.4, 0.5) is 13.2 Å². The predicted octanol–water partition coefficient (Wildman–Crippen LogP) is 2.11. The Labute approximate surface area is 115 Å². The second kappa shape index (κ2) is 5.83. The molecule has 0 saturated carbocycles. The number of benzene rings is 1. The molecule has 0 aliphatic carbocycles. The summed E-state index contributed by atoms with van der Waals surface area (Å²) in [5.41, 5.74) is 2.38. The molecule has 3 nitrogen and oxygen atoms in total. The highest BCUT2D eigenvalue weighted by atomic mass is 19.4. The zero-order valence-electron chi connectivity index (χ0n) is 11.2. The minimum atomic E-state index is -4.37. The van der Waals surface area contributed by atoms with Crippen LogP contribution in [0.1, 0.15) is 18.1 Å². The van der Waals surface area contributed by atoms with Crippen LogP contribution in [0.15, 0.2) is 24.3 Å². The third kappa shape index (κ3) is 3.72. The zero-order chi connectivity index (χ0) is 14.8. The third-order valence-corrected chi connectivity index (χ3v) is 3.55. The van der Waals surface area contributed by atoms with Gasteiger partial charge in [-0.3, -0.25) is 9.69 Å². The highest BCUT2D eigenvalue weighted by Gasteiger charge is 2.30. The van der Waals surface area contributed by atoms with Crippen LogP contribution in [0.3, 0.4) is 0 Å². The van der Waals surface area contributed by atoms with Crippen molar-refractivity contribution in [1.82, 2.24) is 10.2 Å². The number of fused-ring (bicyclic) bond motifs is 1. The first-order valence-electron chi connectivity index (χ1n) is 6.52. The van der Waals surface area contributed by atoms with Crippen molar-refractivity contribution in [1.29, 1.82) is 0 Å². The summed E-state index contributed by atoms with van der Waals surface area (Å²) in [4.78, 5) is 13.6. The van der Waals surface area contributed by atoms with Crippen molar-refractivity contribution in [3.8, 4) is 0 Å². The summed E-state index contributed by atoms with van der Waals surface area (Å²) in [6.07, 6.45) is -3.56. The summed E-state index contributed by atoms with van der Waals surface area (Å²) in [5.74, 6) is -0.582. The summed E-state index contributed by atoms with van der Waals surface area (Å²) in [6, 6.07) is 7.36. The molecule has 1 atom stereocenters. The fraction of sp³-hybridized carbons (Fsp3) is 0.500. The first kappa shape index (κ1) is 14.8. The van der Waals surface area contributed by atoms with Crippen LogP contribution in [0.2, 0.25) is 0 Å². The Hall–Kier alpha value is -1.56. The van der Waals surface area contributed by atoms with Crippen LogP contribution in [0.25, 0.3) is 0 Å². The van der Waals surface area contributed by atoms with Crippen molar-refractivity contribution in [2.24, 2.45) is 0 Å². The van der Waals surface area contributed by atoms with Gasteiger partial charge in [-0.25, -0.2) is 0 Å².